The number of hydrogen-bond acceptors (Lipinski definition) is 3. The molecule has 24 heavy (non-hydrogen) atoms. The van der Waals surface area contributed by atoms with Crippen molar-refractivity contribution in [1.82, 2.24) is 4.90 Å². The van der Waals surface area contributed by atoms with Crippen LogP contribution < -0.4 is 9.47 Å². The molecule has 0 saturated carbocycles. The standard InChI is InChI=1S/C20H21NO3/c1-14-4-8-17(9-5-14)15(2)21(3)20(22)11-7-16-6-10-18-19(12-16)24-13-23-18/h4-12,15H,13H2,1-3H3/b11-7+. The average Bonchev–Trinajstić information content (AvgIpc) is 3.06. The van der Waals surface area contributed by atoms with E-state index in [2.05, 4.69) is 31.2 Å². The van der Waals surface area contributed by atoms with E-state index in [0.717, 1.165) is 16.9 Å². The van der Waals surface area contributed by atoms with Crippen LogP contribution >= 0.6 is 0 Å². The zero-order chi connectivity index (χ0) is 17.1. The van der Waals surface area contributed by atoms with Crippen LogP contribution in [0.25, 0.3) is 6.08 Å². The lowest BCUT2D eigenvalue weighted by atomic mass is 10.1. The van der Waals surface area contributed by atoms with Crippen molar-refractivity contribution >= 4 is 12.0 Å². The number of amides is 1. The van der Waals surface area contributed by atoms with Crippen molar-refractivity contribution in [2.24, 2.45) is 0 Å². The molecule has 0 spiro atoms. The summed E-state index contributed by atoms with van der Waals surface area (Å²) in [5.41, 5.74) is 3.24. The lowest BCUT2D eigenvalue weighted by molar-refractivity contribution is -0.126. The molecule has 124 valence electrons. The molecule has 1 heterocycles. The number of fused-ring (bicyclic) bond motifs is 1. The lowest BCUT2D eigenvalue weighted by Gasteiger charge is -2.24. The molecule has 2 aromatic rings. The molecule has 0 aliphatic carbocycles. The molecule has 1 unspecified atom stereocenters. The van der Waals surface area contributed by atoms with Gasteiger partial charge in [-0.25, -0.2) is 0 Å². The van der Waals surface area contributed by atoms with Gasteiger partial charge in [0.1, 0.15) is 0 Å². The van der Waals surface area contributed by atoms with Gasteiger partial charge in [0.2, 0.25) is 12.7 Å². The summed E-state index contributed by atoms with van der Waals surface area (Å²) in [6, 6.07) is 13.9. The summed E-state index contributed by atoms with van der Waals surface area (Å²) >= 11 is 0. The summed E-state index contributed by atoms with van der Waals surface area (Å²) in [6.45, 7) is 4.33. The maximum atomic E-state index is 12.4. The van der Waals surface area contributed by atoms with Gasteiger partial charge in [0, 0.05) is 13.1 Å². The van der Waals surface area contributed by atoms with Crippen LogP contribution in [0.2, 0.25) is 0 Å². The van der Waals surface area contributed by atoms with Crippen molar-refractivity contribution in [1.29, 1.82) is 0 Å². The SMILES string of the molecule is Cc1ccc(C(C)N(C)C(=O)/C=C/c2ccc3c(c2)OCO3)cc1. The molecule has 0 radical (unpaired) electrons. The van der Waals surface area contributed by atoms with E-state index in [1.54, 1.807) is 17.1 Å². The topological polar surface area (TPSA) is 38.8 Å². The maximum absolute atomic E-state index is 12.4. The molecule has 3 rings (SSSR count). The minimum absolute atomic E-state index is 0.0134. The molecule has 1 aliphatic rings. The highest BCUT2D eigenvalue weighted by atomic mass is 16.7. The monoisotopic (exact) mass is 323 g/mol. The van der Waals surface area contributed by atoms with E-state index in [-0.39, 0.29) is 18.7 Å². The average molecular weight is 323 g/mol. The molecule has 0 N–H and O–H groups in total. The second-order valence-electron chi connectivity index (χ2n) is 5.98. The molecular formula is C20H21NO3. The van der Waals surface area contributed by atoms with E-state index in [1.165, 1.54) is 5.56 Å². The van der Waals surface area contributed by atoms with Crippen LogP contribution in [0.4, 0.5) is 0 Å². The van der Waals surface area contributed by atoms with Gasteiger partial charge in [-0.05, 0) is 43.2 Å². The van der Waals surface area contributed by atoms with E-state index >= 15 is 0 Å². The molecule has 0 fully saturated rings. The van der Waals surface area contributed by atoms with Crippen molar-refractivity contribution < 1.29 is 14.3 Å². The number of ether oxygens (including phenoxy) is 2. The highest BCUT2D eigenvalue weighted by molar-refractivity contribution is 5.92. The Labute approximate surface area is 142 Å². The summed E-state index contributed by atoms with van der Waals surface area (Å²) in [4.78, 5) is 14.1. The number of rotatable bonds is 4. The summed E-state index contributed by atoms with van der Waals surface area (Å²) < 4.78 is 10.6. The van der Waals surface area contributed by atoms with Crippen LogP contribution in [0.1, 0.15) is 29.7 Å². The van der Waals surface area contributed by atoms with Crippen molar-refractivity contribution in [2.45, 2.75) is 19.9 Å². The first-order chi connectivity index (χ1) is 11.5. The molecule has 1 amide bonds. The van der Waals surface area contributed by atoms with Crippen molar-refractivity contribution in [3.8, 4) is 11.5 Å². The lowest BCUT2D eigenvalue weighted by Crippen LogP contribution is -2.27. The highest BCUT2D eigenvalue weighted by Crippen LogP contribution is 2.32. The fourth-order valence-electron chi connectivity index (χ4n) is 2.56. The Morgan fingerprint density at radius 3 is 2.58 bits per heavy atom. The minimum Gasteiger partial charge on any atom is -0.454 e. The third kappa shape index (κ3) is 3.43. The van der Waals surface area contributed by atoms with E-state index in [0.29, 0.717) is 5.75 Å². The van der Waals surface area contributed by atoms with Gasteiger partial charge in [-0.15, -0.1) is 0 Å². The number of hydrogen-bond donors (Lipinski definition) is 0. The maximum Gasteiger partial charge on any atom is 0.246 e. The second-order valence-corrected chi connectivity index (χ2v) is 5.98. The quantitative estimate of drug-likeness (QED) is 0.800. The van der Waals surface area contributed by atoms with Crippen LogP contribution in [0.3, 0.4) is 0 Å². The number of carbonyl (C=O) groups is 1. The van der Waals surface area contributed by atoms with Crippen LogP contribution in [-0.4, -0.2) is 24.6 Å². The molecule has 0 bridgehead atoms. The van der Waals surface area contributed by atoms with Crippen LogP contribution in [0, 0.1) is 6.92 Å². The Balaban J connectivity index is 1.68. The summed E-state index contributed by atoms with van der Waals surface area (Å²) in [5, 5.41) is 0. The minimum atomic E-state index is -0.0410. The second kappa shape index (κ2) is 6.79. The van der Waals surface area contributed by atoms with Gasteiger partial charge in [0.05, 0.1) is 6.04 Å². The van der Waals surface area contributed by atoms with Gasteiger partial charge in [-0.2, -0.15) is 0 Å². The first-order valence-corrected chi connectivity index (χ1v) is 7.95. The molecule has 2 aromatic carbocycles. The number of likely N-dealkylation sites (N-methyl/N-ethyl adjacent to an activating group) is 1. The van der Waals surface area contributed by atoms with E-state index < -0.39 is 0 Å². The van der Waals surface area contributed by atoms with Crippen LogP contribution in [0.5, 0.6) is 11.5 Å². The van der Waals surface area contributed by atoms with Gasteiger partial charge in [0.15, 0.2) is 11.5 Å². The van der Waals surface area contributed by atoms with Gasteiger partial charge in [-0.1, -0.05) is 35.9 Å². The number of benzene rings is 2. The Bertz CT molecular complexity index is 765. The number of carbonyl (C=O) groups excluding carboxylic acids is 1. The van der Waals surface area contributed by atoms with Gasteiger partial charge in [0.25, 0.3) is 0 Å². The molecule has 1 atom stereocenters. The zero-order valence-electron chi connectivity index (χ0n) is 14.2. The van der Waals surface area contributed by atoms with Crippen molar-refractivity contribution in [2.75, 3.05) is 13.8 Å². The summed E-state index contributed by atoms with van der Waals surface area (Å²) in [5.74, 6) is 1.41. The predicted molar refractivity (Wildman–Crippen MR) is 94.0 cm³/mol. The molecule has 1 aliphatic heterocycles. The van der Waals surface area contributed by atoms with Crippen LogP contribution in [-0.2, 0) is 4.79 Å². The molecule has 4 nitrogen and oxygen atoms in total. The number of aryl methyl sites for hydroxylation is 1. The molecule has 0 aromatic heterocycles. The fourth-order valence-corrected chi connectivity index (χ4v) is 2.56. The van der Waals surface area contributed by atoms with Crippen molar-refractivity contribution in [3.05, 3.63) is 65.2 Å². The Hall–Kier alpha value is -2.75. The van der Waals surface area contributed by atoms with E-state index in [1.807, 2.05) is 32.2 Å². The fraction of sp³-hybridized carbons (Fsp3) is 0.250. The van der Waals surface area contributed by atoms with Gasteiger partial charge in [-0.3, -0.25) is 4.79 Å². The largest absolute Gasteiger partial charge is 0.454 e. The first-order valence-electron chi connectivity index (χ1n) is 7.95. The van der Waals surface area contributed by atoms with Crippen molar-refractivity contribution in [3.63, 3.8) is 0 Å². The zero-order valence-corrected chi connectivity index (χ0v) is 14.2. The Morgan fingerprint density at radius 2 is 1.83 bits per heavy atom. The molecule has 0 saturated heterocycles. The first kappa shape index (κ1) is 16.1. The highest BCUT2D eigenvalue weighted by Gasteiger charge is 2.16. The summed E-state index contributed by atoms with van der Waals surface area (Å²) in [7, 11) is 1.82. The van der Waals surface area contributed by atoms with Gasteiger partial charge < -0.3 is 14.4 Å². The predicted octanol–water partition coefficient (Wildman–Crippen LogP) is 3.96. The summed E-state index contributed by atoms with van der Waals surface area (Å²) in [6.07, 6.45) is 3.38. The van der Waals surface area contributed by atoms with E-state index in [4.69, 9.17) is 9.47 Å². The van der Waals surface area contributed by atoms with Gasteiger partial charge >= 0.3 is 0 Å². The molecular weight excluding hydrogens is 302 g/mol. The normalized spacial score (nSPS) is 14.0. The van der Waals surface area contributed by atoms with Crippen LogP contribution in [0.15, 0.2) is 48.5 Å². The molecule has 4 heteroatoms. The third-order valence-electron chi connectivity index (χ3n) is 4.30. The smallest absolute Gasteiger partial charge is 0.246 e. The Kier molecular flexibility index (Phi) is 4.56. The Morgan fingerprint density at radius 1 is 1.12 bits per heavy atom. The third-order valence-corrected chi connectivity index (χ3v) is 4.30. The van der Waals surface area contributed by atoms with E-state index in [9.17, 15) is 4.79 Å². The number of nitrogens with zero attached hydrogens (tertiary/aromatic N) is 1.